The zero-order valence-corrected chi connectivity index (χ0v) is 12.8. The molecule has 1 saturated carbocycles. The van der Waals surface area contributed by atoms with Crippen molar-refractivity contribution < 1.29 is 19.0 Å². The largest absolute Gasteiger partial charge is 0.488 e. The second-order valence-electron chi connectivity index (χ2n) is 5.68. The van der Waals surface area contributed by atoms with Crippen LogP contribution in [0.1, 0.15) is 39.0 Å². The number of carbonyl (C=O) groups is 1. The molecule has 1 aromatic rings. The minimum Gasteiger partial charge on any atom is -0.488 e. The predicted molar refractivity (Wildman–Crippen MR) is 82.6 cm³/mol. The smallest absolute Gasteiger partial charge is 0.319 e. The molecule has 0 unspecified atom stereocenters. The summed E-state index contributed by atoms with van der Waals surface area (Å²) in [5.41, 5.74) is 0.446. The van der Waals surface area contributed by atoms with Gasteiger partial charge in [-0.1, -0.05) is 0 Å². The monoisotopic (exact) mass is 310 g/mol. The number of amides is 2. The third-order valence-electron chi connectivity index (χ3n) is 3.73. The molecule has 1 aromatic carbocycles. The van der Waals surface area contributed by atoms with Crippen LogP contribution >= 0.6 is 0 Å². The molecule has 0 heterocycles. The summed E-state index contributed by atoms with van der Waals surface area (Å²) in [5.74, 6) is -0.0375. The van der Waals surface area contributed by atoms with E-state index in [1.165, 1.54) is 18.2 Å². The van der Waals surface area contributed by atoms with E-state index in [2.05, 4.69) is 10.6 Å². The minimum absolute atomic E-state index is 0.00797. The van der Waals surface area contributed by atoms with Crippen LogP contribution in [0.15, 0.2) is 18.2 Å². The van der Waals surface area contributed by atoms with Gasteiger partial charge in [-0.25, -0.2) is 9.18 Å². The molecule has 6 heteroatoms. The van der Waals surface area contributed by atoms with Crippen molar-refractivity contribution in [1.29, 1.82) is 0 Å². The van der Waals surface area contributed by atoms with Crippen molar-refractivity contribution in [1.82, 2.24) is 5.32 Å². The fourth-order valence-corrected chi connectivity index (χ4v) is 2.53. The summed E-state index contributed by atoms with van der Waals surface area (Å²) in [5, 5.41) is 14.2. The average Bonchev–Trinajstić information content (AvgIpc) is 2.95. The first-order chi connectivity index (χ1) is 10.6. The van der Waals surface area contributed by atoms with Gasteiger partial charge in [0.2, 0.25) is 0 Å². The molecule has 1 aliphatic rings. The van der Waals surface area contributed by atoms with Gasteiger partial charge in [-0.3, -0.25) is 0 Å². The van der Waals surface area contributed by atoms with Crippen molar-refractivity contribution in [3.8, 4) is 5.75 Å². The van der Waals surface area contributed by atoms with Crippen LogP contribution in [0.5, 0.6) is 5.75 Å². The van der Waals surface area contributed by atoms with E-state index >= 15 is 0 Å². The van der Waals surface area contributed by atoms with Gasteiger partial charge in [-0.15, -0.1) is 0 Å². The van der Waals surface area contributed by atoms with Crippen molar-refractivity contribution in [3.05, 3.63) is 24.0 Å². The fraction of sp³-hybridized carbons (Fsp3) is 0.562. The molecule has 0 bridgehead atoms. The Kier molecular flexibility index (Phi) is 6.00. The number of hydrogen-bond acceptors (Lipinski definition) is 3. The van der Waals surface area contributed by atoms with Crippen LogP contribution in [0.4, 0.5) is 14.9 Å². The fourth-order valence-electron chi connectivity index (χ4n) is 2.53. The Bertz CT molecular complexity index is 504. The zero-order chi connectivity index (χ0) is 15.9. The van der Waals surface area contributed by atoms with Gasteiger partial charge < -0.3 is 20.5 Å². The number of benzene rings is 1. The van der Waals surface area contributed by atoms with Crippen LogP contribution < -0.4 is 15.4 Å². The van der Waals surface area contributed by atoms with Crippen molar-refractivity contribution in [2.24, 2.45) is 0 Å². The molecule has 1 fully saturated rings. The maximum absolute atomic E-state index is 13.4. The Hall–Kier alpha value is -1.82. The topological polar surface area (TPSA) is 70.6 Å². The van der Waals surface area contributed by atoms with E-state index in [4.69, 9.17) is 9.84 Å². The molecule has 2 rings (SSSR count). The Balaban J connectivity index is 2.01. The quantitative estimate of drug-likeness (QED) is 0.756. The summed E-state index contributed by atoms with van der Waals surface area (Å²) in [4.78, 5) is 11.9. The molecule has 22 heavy (non-hydrogen) atoms. The first-order valence-corrected chi connectivity index (χ1v) is 7.73. The molecule has 1 aliphatic carbocycles. The van der Waals surface area contributed by atoms with Crippen LogP contribution in [-0.4, -0.2) is 29.9 Å². The lowest BCUT2D eigenvalue weighted by atomic mass is 10.2. The number of anilines is 1. The normalized spacial score (nSPS) is 16.3. The first-order valence-electron chi connectivity index (χ1n) is 7.73. The summed E-state index contributed by atoms with van der Waals surface area (Å²) in [7, 11) is 0. The van der Waals surface area contributed by atoms with Gasteiger partial charge in [-0.05, 0) is 51.2 Å². The van der Waals surface area contributed by atoms with Crippen LogP contribution in [0.3, 0.4) is 0 Å². The lowest BCUT2D eigenvalue weighted by molar-refractivity contribution is 0.210. The van der Waals surface area contributed by atoms with Gasteiger partial charge in [0.05, 0.1) is 11.8 Å². The van der Waals surface area contributed by atoms with E-state index < -0.39 is 11.8 Å². The molecule has 5 nitrogen and oxygen atoms in total. The van der Waals surface area contributed by atoms with E-state index in [-0.39, 0.29) is 18.8 Å². The zero-order valence-electron chi connectivity index (χ0n) is 12.8. The summed E-state index contributed by atoms with van der Waals surface area (Å²) in [6.45, 7) is 1.81. The molecule has 0 aromatic heterocycles. The van der Waals surface area contributed by atoms with Gasteiger partial charge in [0.25, 0.3) is 0 Å². The van der Waals surface area contributed by atoms with Crippen LogP contribution in [-0.2, 0) is 0 Å². The lowest BCUT2D eigenvalue weighted by Gasteiger charge is -2.18. The van der Waals surface area contributed by atoms with Crippen molar-refractivity contribution in [2.75, 3.05) is 11.9 Å². The molecule has 0 saturated heterocycles. The van der Waals surface area contributed by atoms with Crippen molar-refractivity contribution in [2.45, 2.75) is 51.2 Å². The maximum Gasteiger partial charge on any atom is 0.319 e. The predicted octanol–water partition coefficient (Wildman–Crippen LogP) is 3.04. The van der Waals surface area contributed by atoms with Gasteiger partial charge in [0.15, 0.2) is 0 Å². The third kappa shape index (κ3) is 4.87. The number of urea groups is 1. The Morgan fingerprint density at radius 3 is 2.86 bits per heavy atom. The number of aliphatic hydroxyl groups excluding tert-OH is 1. The molecule has 0 aliphatic heterocycles. The van der Waals surface area contributed by atoms with Crippen molar-refractivity contribution >= 4 is 11.7 Å². The van der Waals surface area contributed by atoms with E-state index in [1.54, 1.807) is 6.92 Å². The highest BCUT2D eigenvalue weighted by molar-refractivity contribution is 5.91. The minimum atomic E-state index is -0.399. The summed E-state index contributed by atoms with van der Waals surface area (Å²) < 4.78 is 19.3. The van der Waals surface area contributed by atoms with E-state index in [9.17, 15) is 9.18 Å². The molecule has 0 spiro atoms. The maximum atomic E-state index is 13.4. The second kappa shape index (κ2) is 7.98. The number of aliphatic hydroxyl groups is 1. The summed E-state index contributed by atoms with van der Waals surface area (Å²) in [6, 6.07) is 3.53. The molecular weight excluding hydrogens is 287 g/mol. The van der Waals surface area contributed by atoms with Crippen molar-refractivity contribution in [3.63, 3.8) is 0 Å². The molecule has 3 N–H and O–H groups in total. The van der Waals surface area contributed by atoms with Crippen LogP contribution in [0, 0.1) is 5.82 Å². The van der Waals surface area contributed by atoms with Crippen LogP contribution in [0.25, 0.3) is 0 Å². The average molecular weight is 310 g/mol. The molecule has 1 atom stereocenters. The molecular formula is C16H23FN2O3. The summed E-state index contributed by atoms with van der Waals surface area (Å²) >= 11 is 0. The Morgan fingerprint density at radius 2 is 2.18 bits per heavy atom. The van der Waals surface area contributed by atoms with Crippen LogP contribution in [0.2, 0.25) is 0 Å². The van der Waals surface area contributed by atoms with Gasteiger partial charge in [-0.2, -0.15) is 0 Å². The highest BCUT2D eigenvalue weighted by atomic mass is 19.1. The number of hydrogen-bond donors (Lipinski definition) is 3. The SMILES string of the molecule is C[C@H](CCO)NC(=O)Nc1ccc(F)cc1OC1CCCC1. The van der Waals surface area contributed by atoms with Gasteiger partial charge in [0, 0.05) is 18.7 Å². The Labute approximate surface area is 129 Å². The Morgan fingerprint density at radius 1 is 1.45 bits per heavy atom. The standard InChI is InChI=1S/C16H23FN2O3/c1-11(8-9-20)18-16(21)19-14-7-6-12(17)10-15(14)22-13-4-2-3-5-13/h6-7,10-11,13,20H,2-5,8-9H2,1H3,(H2,18,19,21)/t11-/m1/s1. The van der Waals surface area contributed by atoms with Gasteiger partial charge in [0.1, 0.15) is 11.6 Å². The molecule has 2 amide bonds. The lowest BCUT2D eigenvalue weighted by Crippen LogP contribution is -2.36. The number of rotatable bonds is 6. The number of nitrogens with one attached hydrogen (secondary N) is 2. The number of carbonyl (C=O) groups excluding carboxylic acids is 1. The summed E-state index contributed by atoms with van der Waals surface area (Å²) in [6.07, 6.45) is 4.69. The molecule has 122 valence electrons. The number of ether oxygens (including phenoxy) is 1. The highest BCUT2D eigenvalue weighted by Gasteiger charge is 2.19. The van der Waals surface area contributed by atoms with E-state index in [0.717, 1.165) is 25.7 Å². The molecule has 0 radical (unpaired) electrons. The second-order valence-corrected chi connectivity index (χ2v) is 5.68. The highest BCUT2D eigenvalue weighted by Crippen LogP contribution is 2.30. The van der Waals surface area contributed by atoms with Gasteiger partial charge >= 0.3 is 6.03 Å². The van der Waals surface area contributed by atoms with E-state index in [0.29, 0.717) is 17.9 Å². The first kappa shape index (κ1) is 16.5. The number of halogens is 1. The third-order valence-corrected chi connectivity index (χ3v) is 3.73. The van der Waals surface area contributed by atoms with E-state index in [1.807, 2.05) is 0 Å².